The fourth-order valence-electron chi connectivity index (χ4n) is 1.51. The van der Waals surface area contributed by atoms with E-state index in [1.54, 1.807) is 6.07 Å². The molecular weight excluding hydrogens is 227 g/mol. The number of nitriles is 1. The molecule has 0 saturated carbocycles. The lowest BCUT2D eigenvalue weighted by molar-refractivity contribution is 0.252. The molecule has 0 bridgehead atoms. The highest BCUT2D eigenvalue weighted by Crippen LogP contribution is 2.24. The van der Waals surface area contributed by atoms with E-state index in [1.807, 2.05) is 6.07 Å². The molecule has 1 atom stereocenters. The molecule has 0 amide bonds. The molecule has 98 valence electrons. The first-order valence-electron chi connectivity index (χ1n) is 6.24. The molecule has 0 aliphatic heterocycles. The van der Waals surface area contributed by atoms with E-state index in [1.165, 1.54) is 12.1 Å². The Hall–Kier alpha value is -1.40. The van der Waals surface area contributed by atoms with Crippen molar-refractivity contribution in [1.82, 2.24) is 5.32 Å². The van der Waals surface area contributed by atoms with Crippen LogP contribution in [0.4, 0.5) is 4.39 Å². The van der Waals surface area contributed by atoms with Gasteiger partial charge in [-0.05, 0) is 36.1 Å². The van der Waals surface area contributed by atoms with Gasteiger partial charge in [-0.3, -0.25) is 0 Å². The molecule has 0 aliphatic rings. The van der Waals surface area contributed by atoms with Gasteiger partial charge in [-0.1, -0.05) is 27.7 Å². The Morgan fingerprint density at radius 3 is 2.61 bits per heavy atom. The second-order valence-electron chi connectivity index (χ2n) is 5.82. The van der Waals surface area contributed by atoms with Crippen LogP contribution in [0.5, 0.6) is 0 Å². The quantitative estimate of drug-likeness (QED) is 0.885. The molecule has 2 nitrogen and oxygen atoms in total. The standard InChI is InChI=1S/C15H21FN2/c1-11(15(2,3)4)9-18-10-13-7-12(8-17)5-6-14(13)16/h5-7,11,18H,9-10H2,1-4H3. The molecule has 0 radical (unpaired) electrons. The number of hydrogen-bond donors (Lipinski definition) is 1. The number of halogens is 1. The monoisotopic (exact) mass is 248 g/mol. The maximum atomic E-state index is 13.5. The van der Waals surface area contributed by atoms with Crippen molar-refractivity contribution in [2.45, 2.75) is 34.2 Å². The summed E-state index contributed by atoms with van der Waals surface area (Å²) in [5, 5.41) is 12.0. The normalized spacial score (nSPS) is 13.1. The molecule has 1 N–H and O–H groups in total. The smallest absolute Gasteiger partial charge is 0.127 e. The number of hydrogen-bond acceptors (Lipinski definition) is 2. The summed E-state index contributed by atoms with van der Waals surface area (Å²) < 4.78 is 13.5. The van der Waals surface area contributed by atoms with Gasteiger partial charge in [0.05, 0.1) is 11.6 Å². The van der Waals surface area contributed by atoms with Crippen LogP contribution in [-0.4, -0.2) is 6.54 Å². The Morgan fingerprint density at radius 1 is 1.39 bits per heavy atom. The molecule has 0 saturated heterocycles. The molecule has 0 heterocycles. The molecule has 3 heteroatoms. The summed E-state index contributed by atoms with van der Waals surface area (Å²) in [5.41, 5.74) is 1.28. The topological polar surface area (TPSA) is 35.8 Å². The van der Waals surface area contributed by atoms with Crippen molar-refractivity contribution in [2.24, 2.45) is 11.3 Å². The van der Waals surface area contributed by atoms with Gasteiger partial charge in [-0.25, -0.2) is 4.39 Å². The van der Waals surface area contributed by atoms with Gasteiger partial charge in [-0.15, -0.1) is 0 Å². The molecule has 1 unspecified atom stereocenters. The van der Waals surface area contributed by atoms with Gasteiger partial charge in [0, 0.05) is 12.1 Å². The minimum Gasteiger partial charge on any atom is -0.312 e. The number of nitrogens with zero attached hydrogens (tertiary/aromatic N) is 1. The molecular formula is C15H21FN2. The summed E-state index contributed by atoms with van der Waals surface area (Å²) >= 11 is 0. The molecule has 0 fully saturated rings. The number of rotatable bonds is 4. The van der Waals surface area contributed by atoms with Crippen LogP contribution >= 0.6 is 0 Å². The van der Waals surface area contributed by atoms with Crippen molar-refractivity contribution in [3.63, 3.8) is 0 Å². The van der Waals surface area contributed by atoms with Gasteiger partial charge in [0.2, 0.25) is 0 Å². The minimum absolute atomic E-state index is 0.236. The molecule has 0 aromatic heterocycles. The van der Waals surface area contributed by atoms with Crippen LogP contribution in [0.1, 0.15) is 38.8 Å². The highest BCUT2D eigenvalue weighted by atomic mass is 19.1. The van der Waals surface area contributed by atoms with E-state index in [0.717, 1.165) is 6.54 Å². The first-order chi connectivity index (χ1) is 8.34. The van der Waals surface area contributed by atoms with Crippen LogP contribution < -0.4 is 5.32 Å². The summed E-state index contributed by atoms with van der Waals surface area (Å²) in [6.07, 6.45) is 0. The molecule has 0 spiro atoms. The Kier molecular flexibility index (Phi) is 4.86. The van der Waals surface area contributed by atoms with E-state index in [0.29, 0.717) is 23.6 Å². The Bertz CT molecular complexity index is 441. The zero-order valence-corrected chi connectivity index (χ0v) is 11.5. The van der Waals surface area contributed by atoms with Crippen LogP contribution in [0.15, 0.2) is 18.2 Å². The van der Waals surface area contributed by atoms with Gasteiger partial charge in [0.25, 0.3) is 0 Å². The van der Waals surface area contributed by atoms with Crippen molar-refractivity contribution >= 4 is 0 Å². The van der Waals surface area contributed by atoms with Gasteiger partial charge in [-0.2, -0.15) is 5.26 Å². The van der Waals surface area contributed by atoms with Crippen LogP contribution in [0.3, 0.4) is 0 Å². The van der Waals surface area contributed by atoms with Crippen LogP contribution in [0.25, 0.3) is 0 Å². The zero-order chi connectivity index (χ0) is 13.8. The van der Waals surface area contributed by atoms with Gasteiger partial charge < -0.3 is 5.32 Å². The molecule has 18 heavy (non-hydrogen) atoms. The molecule has 0 aliphatic carbocycles. The summed E-state index contributed by atoms with van der Waals surface area (Å²) in [6, 6.07) is 6.47. The Morgan fingerprint density at radius 2 is 2.06 bits per heavy atom. The minimum atomic E-state index is -0.259. The molecule has 1 rings (SSSR count). The fourth-order valence-corrected chi connectivity index (χ4v) is 1.51. The summed E-state index contributed by atoms with van der Waals surface area (Å²) in [7, 11) is 0. The Labute approximate surface area is 109 Å². The first kappa shape index (κ1) is 14.7. The van der Waals surface area contributed by atoms with Crippen molar-refractivity contribution < 1.29 is 4.39 Å². The Balaban J connectivity index is 2.57. The highest BCUT2D eigenvalue weighted by Gasteiger charge is 2.19. The number of benzene rings is 1. The van der Waals surface area contributed by atoms with Crippen molar-refractivity contribution in [1.29, 1.82) is 5.26 Å². The summed E-state index contributed by atoms with van der Waals surface area (Å²) in [5.74, 6) is 0.240. The second-order valence-corrected chi connectivity index (χ2v) is 5.82. The molecule has 1 aromatic carbocycles. The lowest BCUT2D eigenvalue weighted by Gasteiger charge is -2.27. The third kappa shape index (κ3) is 4.12. The summed E-state index contributed by atoms with van der Waals surface area (Å²) in [4.78, 5) is 0. The zero-order valence-electron chi connectivity index (χ0n) is 11.5. The summed E-state index contributed by atoms with van der Waals surface area (Å²) in [6.45, 7) is 10.0. The van der Waals surface area contributed by atoms with E-state index in [9.17, 15) is 4.39 Å². The van der Waals surface area contributed by atoms with Crippen molar-refractivity contribution in [3.8, 4) is 6.07 Å². The SMILES string of the molecule is CC(CNCc1cc(C#N)ccc1F)C(C)(C)C. The maximum absolute atomic E-state index is 13.5. The fraction of sp³-hybridized carbons (Fsp3) is 0.533. The van der Waals surface area contributed by atoms with Crippen molar-refractivity contribution in [3.05, 3.63) is 35.1 Å². The molecule has 1 aromatic rings. The van der Waals surface area contributed by atoms with Crippen LogP contribution in [0, 0.1) is 28.5 Å². The average molecular weight is 248 g/mol. The third-order valence-electron chi connectivity index (χ3n) is 3.42. The van der Waals surface area contributed by atoms with E-state index in [4.69, 9.17) is 5.26 Å². The average Bonchev–Trinajstić information content (AvgIpc) is 2.30. The van der Waals surface area contributed by atoms with Crippen LogP contribution in [0.2, 0.25) is 0 Å². The lowest BCUT2D eigenvalue weighted by Crippen LogP contribution is -2.29. The van der Waals surface area contributed by atoms with E-state index >= 15 is 0 Å². The van der Waals surface area contributed by atoms with Gasteiger partial charge >= 0.3 is 0 Å². The third-order valence-corrected chi connectivity index (χ3v) is 3.42. The maximum Gasteiger partial charge on any atom is 0.127 e. The number of nitrogens with one attached hydrogen (secondary N) is 1. The van der Waals surface area contributed by atoms with Crippen molar-refractivity contribution in [2.75, 3.05) is 6.54 Å². The van der Waals surface area contributed by atoms with E-state index < -0.39 is 0 Å². The second kappa shape index (κ2) is 5.97. The van der Waals surface area contributed by atoms with E-state index in [-0.39, 0.29) is 11.2 Å². The predicted molar refractivity (Wildman–Crippen MR) is 71.4 cm³/mol. The van der Waals surface area contributed by atoms with Crippen LogP contribution in [-0.2, 0) is 6.54 Å². The highest BCUT2D eigenvalue weighted by molar-refractivity contribution is 5.33. The first-order valence-corrected chi connectivity index (χ1v) is 6.24. The lowest BCUT2D eigenvalue weighted by atomic mass is 9.82. The van der Waals surface area contributed by atoms with Gasteiger partial charge in [0.15, 0.2) is 0 Å². The van der Waals surface area contributed by atoms with E-state index in [2.05, 4.69) is 33.0 Å². The largest absolute Gasteiger partial charge is 0.312 e. The van der Waals surface area contributed by atoms with Gasteiger partial charge in [0.1, 0.15) is 5.82 Å². The predicted octanol–water partition coefficient (Wildman–Crippen LogP) is 3.47.